The van der Waals surface area contributed by atoms with E-state index in [1.165, 1.54) is 83.5 Å². The molecule has 0 atom stereocenters. The Balaban J connectivity index is 3.22. The number of unbranched alkanes of at least 4 members (excludes halogenated alkanes) is 20. The highest BCUT2D eigenvalue weighted by molar-refractivity contribution is 5.69. The van der Waals surface area contributed by atoms with E-state index in [2.05, 4.69) is 13.8 Å². The molecule has 0 N–H and O–H groups in total. The van der Waals surface area contributed by atoms with Crippen molar-refractivity contribution in [1.82, 2.24) is 0 Å². The maximum Gasteiger partial charge on any atom is 0.305 e. The summed E-state index contributed by atoms with van der Waals surface area (Å²) in [6.45, 7) is 5.58. The van der Waals surface area contributed by atoms with Gasteiger partial charge in [0.25, 0.3) is 0 Å². The van der Waals surface area contributed by atoms with Crippen molar-refractivity contribution in [3.05, 3.63) is 0 Å². The van der Waals surface area contributed by atoms with Crippen LogP contribution in [0, 0.1) is 0 Å². The van der Waals surface area contributed by atoms with Crippen LogP contribution in [0.1, 0.15) is 174 Å². The van der Waals surface area contributed by atoms with Gasteiger partial charge in [-0.3, -0.25) is 9.59 Å². The van der Waals surface area contributed by atoms with Crippen LogP contribution in [0.5, 0.6) is 0 Å². The largest absolute Gasteiger partial charge is 0.466 e. The molecule has 0 saturated carbocycles. The van der Waals surface area contributed by atoms with Crippen molar-refractivity contribution >= 4 is 11.9 Å². The number of ether oxygens (including phenoxy) is 2. The van der Waals surface area contributed by atoms with Crippen molar-refractivity contribution in [2.45, 2.75) is 174 Å². The first-order chi connectivity index (χ1) is 17.2. The molecule has 0 radical (unpaired) electrons. The molecule has 0 aliphatic heterocycles. The third kappa shape index (κ3) is 29.1. The molecule has 0 saturated heterocycles. The first-order valence-electron chi connectivity index (χ1n) is 15.5. The number of carbonyl (C=O) groups excluding carboxylic acids is 2. The highest BCUT2D eigenvalue weighted by atomic mass is 16.5. The molecular weight excluding hydrogens is 436 g/mol. The number of rotatable bonds is 28. The van der Waals surface area contributed by atoms with E-state index < -0.39 is 0 Å². The van der Waals surface area contributed by atoms with E-state index in [9.17, 15) is 9.59 Å². The molecule has 0 heterocycles. The molecule has 0 aromatic carbocycles. The highest BCUT2D eigenvalue weighted by Gasteiger charge is 2.04. The lowest BCUT2D eigenvalue weighted by molar-refractivity contribution is -0.144. The van der Waals surface area contributed by atoms with E-state index in [0.29, 0.717) is 26.1 Å². The minimum atomic E-state index is -0.0531. The predicted octanol–water partition coefficient (Wildman–Crippen LogP) is 9.87. The summed E-state index contributed by atoms with van der Waals surface area (Å²) in [6.07, 6.45) is 29.3. The predicted molar refractivity (Wildman–Crippen MR) is 149 cm³/mol. The highest BCUT2D eigenvalue weighted by Crippen LogP contribution is 2.13. The SMILES string of the molecule is CCCCCCCCCCCCCCCCOC(=O)CCCCCCCCC(=O)OCCCCC. The second-order valence-electron chi connectivity index (χ2n) is 10.4. The van der Waals surface area contributed by atoms with Crippen molar-refractivity contribution < 1.29 is 19.1 Å². The third-order valence-corrected chi connectivity index (χ3v) is 6.78. The lowest BCUT2D eigenvalue weighted by Gasteiger charge is -2.06. The number of hydrogen-bond donors (Lipinski definition) is 0. The van der Waals surface area contributed by atoms with Gasteiger partial charge in [-0.25, -0.2) is 0 Å². The molecule has 0 aliphatic carbocycles. The average molecular weight is 497 g/mol. The van der Waals surface area contributed by atoms with Gasteiger partial charge < -0.3 is 9.47 Å². The summed E-state index contributed by atoms with van der Waals surface area (Å²) >= 11 is 0. The van der Waals surface area contributed by atoms with Gasteiger partial charge >= 0.3 is 11.9 Å². The summed E-state index contributed by atoms with van der Waals surface area (Å²) < 4.78 is 10.6. The van der Waals surface area contributed by atoms with Crippen LogP contribution in [-0.4, -0.2) is 25.2 Å². The fourth-order valence-corrected chi connectivity index (χ4v) is 4.41. The van der Waals surface area contributed by atoms with E-state index >= 15 is 0 Å². The summed E-state index contributed by atoms with van der Waals surface area (Å²) in [7, 11) is 0. The second-order valence-corrected chi connectivity index (χ2v) is 10.4. The summed E-state index contributed by atoms with van der Waals surface area (Å²) in [5, 5.41) is 0. The fourth-order valence-electron chi connectivity index (χ4n) is 4.41. The van der Waals surface area contributed by atoms with Crippen LogP contribution in [0.2, 0.25) is 0 Å². The number of esters is 2. The molecule has 4 nitrogen and oxygen atoms in total. The van der Waals surface area contributed by atoms with Crippen LogP contribution in [0.3, 0.4) is 0 Å². The molecular formula is C31H60O4. The third-order valence-electron chi connectivity index (χ3n) is 6.78. The topological polar surface area (TPSA) is 52.6 Å². The van der Waals surface area contributed by atoms with E-state index in [1.54, 1.807) is 0 Å². The van der Waals surface area contributed by atoms with Crippen LogP contribution >= 0.6 is 0 Å². The number of carbonyl (C=O) groups is 2. The maximum absolute atomic E-state index is 11.8. The molecule has 0 amide bonds. The van der Waals surface area contributed by atoms with Gasteiger partial charge in [-0.05, 0) is 25.7 Å². The van der Waals surface area contributed by atoms with Gasteiger partial charge in [0.15, 0.2) is 0 Å². The van der Waals surface area contributed by atoms with Gasteiger partial charge in [-0.15, -0.1) is 0 Å². The zero-order valence-corrected chi connectivity index (χ0v) is 23.7. The van der Waals surface area contributed by atoms with Gasteiger partial charge in [0, 0.05) is 12.8 Å². The Morgan fingerprint density at radius 1 is 0.371 bits per heavy atom. The van der Waals surface area contributed by atoms with Gasteiger partial charge in [0.2, 0.25) is 0 Å². The number of hydrogen-bond acceptors (Lipinski definition) is 4. The van der Waals surface area contributed by atoms with E-state index in [-0.39, 0.29) is 11.9 Å². The lowest BCUT2D eigenvalue weighted by atomic mass is 10.0. The zero-order valence-electron chi connectivity index (χ0n) is 23.7. The Hall–Kier alpha value is -1.06. The fraction of sp³-hybridized carbons (Fsp3) is 0.935. The van der Waals surface area contributed by atoms with Crippen molar-refractivity contribution in [2.24, 2.45) is 0 Å². The summed E-state index contributed by atoms with van der Waals surface area (Å²) in [5.74, 6) is -0.0897. The molecule has 208 valence electrons. The first-order valence-corrected chi connectivity index (χ1v) is 15.5. The maximum atomic E-state index is 11.8. The monoisotopic (exact) mass is 496 g/mol. The molecule has 0 aliphatic rings. The molecule has 0 fully saturated rings. The van der Waals surface area contributed by atoms with Crippen LogP contribution < -0.4 is 0 Å². The van der Waals surface area contributed by atoms with Crippen molar-refractivity contribution in [2.75, 3.05) is 13.2 Å². The Morgan fingerprint density at radius 2 is 0.629 bits per heavy atom. The summed E-state index contributed by atoms with van der Waals surface area (Å²) in [6, 6.07) is 0. The summed E-state index contributed by atoms with van der Waals surface area (Å²) in [4.78, 5) is 23.4. The Bertz CT molecular complexity index is 449. The van der Waals surface area contributed by atoms with E-state index in [0.717, 1.165) is 64.2 Å². The van der Waals surface area contributed by atoms with Gasteiger partial charge in [0.05, 0.1) is 13.2 Å². The lowest BCUT2D eigenvalue weighted by Crippen LogP contribution is -2.06. The van der Waals surface area contributed by atoms with Gasteiger partial charge in [-0.1, -0.05) is 136 Å². The first kappa shape index (κ1) is 33.9. The van der Waals surface area contributed by atoms with Gasteiger partial charge in [0.1, 0.15) is 0 Å². The Labute approximate surface area is 218 Å². The average Bonchev–Trinajstić information content (AvgIpc) is 2.85. The molecule has 0 aromatic heterocycles. The zero-order chi connectivity index (χ0) is 25.7. The van der Waals surface area contributed by atoms with Crippen molar-refractivity contribution in [1.29, 1.82) is 0 Å². The Morgan fingerprint density at radius 3 is 1.00 bits per heavy atom. The molecule has 35 heavy (non-hydrogen) atoms. The minimum absolute atomic E-state index is 0.0366. The van der Waals surface area contributed by atoms with Crippen LogP contribution in [-0.2, 0) is 19.1 Å². The molecule has 0 aromatic rings. The van der Waals surface area contributed by atoms with Crippen molar-refractivity contribution in [3.8, 4) is 0 Å². The second kappa shape index (κ2) is 29.2. The smallest absolute Gasteiger partial charge is 0.305 e. The standard InChI is InChI=1S/C31H60O4/c1-3-5-7-8-9-10-11-12-13-14-15-18-21-25-29-35-31(33)27-23-20-17-16-19-22-26-30(32)34-28-24-6-4-2/h3-29H2,1-2H3. The normalized spacial score (nSPS) is 11.0. The molecule has 0 rings (SSSR count). The van der Waals surface area contributed by atoms with Crippen molar-refractivity contribution in [3.63, 3.8) is 0 Å². The Kier molecular flexibility index (Phi) is 28.3. The van der Waals surface area contributed by atoms with Crippen LogP contribution in [0.25, 0.3) is 0 Å². The molecule has 0 bridgehead atoms. The quantitative estimate of drug-likeness (QED) is 0.0798. The molecule has 4 heteroatoms. The molecule has 0 unspecified atom stereocenters. The van der Waals surface area contributed by atoms with Crippen LogP contribution in [0.15, 0.2) is 0 Å². The molecule has 0 spiro atoms. The van der Waals surface area contributed by atoms with E-state index in [1.807, 2.05) is 0 Å². The van der Waals surface area contributed by atoms with Crippen LogP contribution in [0.4, 0.5) is 0 Å². The summed E-state index contributed by atoms with van der Waals surface area (Å²) in [5.41, 5.74) is 0. The van der Waals surface area contributed by atoms with E-state index in [4.69, 9.17) is 9.47 Å². The minimum Gasteiger partial charge on any atom is -0.466 e. The van der Waals surface area contributed by atoms with Gasteiger partial charge in [-0.2, -0.15) is 0 Å².